The molecule has 0 aromatic heterocycles. The van der Waals surface area contributed by atoms with E-state index in [9.17, 15) is 22.4 Å². The van der Waals surface area contributed by atoms with Crippen LogP contribution in [0, 0.1) is 12.7 Å². The number of benzene rings is 3. The Morgan fingerprint density at radius 3 is 2.30 bits per heavy atom. The highest BCUT2D eigenvalue weighted by Gasteiger charge is 2.33. The first-order valence-electron chi connectivity index (χ1n) is 11.2. The highest BCUT2D eigenvalue weighted by Crippen LogP contribution is 2.33. The minimum absolute atomic E-state index is 0.0125. The molecule has 0 aliphatic heterocycles. The van der Waals surface area contributed by atoms with Crippen LogP contribution in [0.2, 0.25) is 10.0 Å². The molecule has 0 saturated heterocycles. The zero-order valence-corrected chi connectivity index (χ0v) is 22.7. The Labute approximate surface area is 225 Å². The number of rotatable bonds is 9. The summed E-state index contributed by atoms with van der Waals surface area (Å²) < 4.78 is 42.8. The summed E-state index contributed by atoms with van der Waals surface area (Å²) >= 11 is 12.5. The third kappa shape index (κ3) is 6.60. The lowest BCUT2D eigenvalue weighted by molar-refractivity contribution is -0.139. The third-order valence-electron chi connectivity index (χ3n) is 5.78. The summed E-state index contributed by atoms with van der Waals surface area (Å²) in [6.45, 7) is 2.31. The topological polar surface area (TPSA) is 86.8 Å². The van der Waals surface area contributed by atoms with Crippen molar-refractivity contribution in [2.75, 3.05) is 17.9 Å². The summed E-state index contributed by atoms with van der Waals surface area (Å²) in [6.07, 6.45) is 0. The number of anilines is 1. The molecule has 7 nitrogen and oxygen atoms in total. The first kappa shape index (κ1) is 28.4. The second kappa shape index (κ2) is 11.9. The number of halogens is 3. The van der Waals surface area contributed by atoms with E-state index < -0.39 is 40.2 Å². The molecule has 0 fully saturated rings. The average Bonchev–Trinajstić information content (AvgIpc) is 2.87. The van der Waals surface area contributed by atoms with Crippen molar-refractivity contribution in [3.05, 3.63) is 93.7 Å². The maximum atomic E-state index is 14.5. The average molecular weight is 566 g/mol. The first-order valence-corrected chi connectivity index (χ1v) is 13.4. The Bertz CT molecular complexity index is 1400. The van der Waals surface area contributed by atoms with Gasteiger partial charge in [-0.1, -0.05) is 59.1 Å². The number of nitrogens with zero attached hydrogens (tertiary/aromatic N) is 2. The van der Waals surface area contributed by atoms with Gasteiger partial charge in [0.1, 0.15) is 18.4 Å². The SMILES string of the molecule is CNC(=O)[C@H](C)N(Cc1ccccc1F)C(=O)CN(c1cc(Cl)ccc1Cl)S(=O)(=O)c1ccc(C)cc1. The standard InChI is InChI=1S/C26H26Cl2FN3O4S/c1-17-8-11-21(12-9-17)37(35,36)32(24-14-20(27)10-13-22(24)28)16-25(33)31(18(2)26(34)30-3)15-19-6-4-5-7-23(19)29/h4-14,18H,15-16H2,1-3H3,(H,30,34)/t18-/m0/s1. The molecule has 3 aromatic carbocycles. The van der Waals surface area contributed by atoms with E-state index >= 15 is 0 Å². The number of hydrogen-bond acceptors (Lipinski definition) is 4. The molecule has 11 heteroatoms. The zero-order chi connectivity index (χ0) is 27.3. The van der Waals surface area contributed by atoms with E-state index in [1.54, 1.807) is 18.2 Å². The molecule has 1 atom stereocenters. The Balaban J connectivity index is 2.09. The monoisotopic (exact) mass is 565 g/mol. The highest BCUT2D eigenvalue weighted by molar-refractivity contribution is 7.92. The van der Waals surface area contributed by atoms with Crippen LogP contribution in [0.15, 0.2) is 71.6 Å². The molecular formula is C26H26Cl2FN3O4S. The molecule has 0 aliphatic carbocycles. The van der Waals surface area contributed by atoms with Crippen LogP contribution in [0.3, 0.4) is 0 Å². The fourth-order valence-corrected chi connectivity index (χ4v) is 5.49. The second-order valence-corrected chi connectivity index (χ2v) is 11.0. The van der Waals surface area contributed by atoms with E-state index in [-0.39, 0.29) is 32.7 Å². The molecule has 196 valence electrons. The van der Waals surface area contributed by atoms with Gasteiger partial charge in [-0.2, -0.15) is 0 Å². The van der Waals surface area contributed by atoms with E-state index in [0.717, 1.165) is 14.8 Å². The van der Waals surface area contributed by atoms with Crippen LogP contribution < -0.4 is 9.62 Å². The Morgan fingerprint density at radius 2 is 1.68 bits per heavy atom. The van der Waals surface area contributed by atoms with E-state index in [0.29, 0.717) is 0 Å². The van der Waals surface area contributed by atoms with Crippen LogP contribution in [0.4, 0.5) is 10.1 Å². The molecule has 0 aliphatic rings. The molecule has 0 heterocycles. The normalized spacial score (nSPS) is 12.1. The maximum Gasteiger partial charge on any atom is 0.264 e. The lowest BCUT2D eigenvalue weighted by Gasteiger charge is -2.32. The van der Waals surface area contributed by atoms with Crippen LogP contribution in [-0.2, 0) is 26.2 Å². The van der Waals surface area contributed by atoms with Crippen molar-refractivity contribution >= 4 is 50.7 Å². The van der Waals surface area contributed by atoms with Gasteiger partial charge in [0.2, 0.25) is 11.8 Å². The van der Waals surface area contributed by atoms with E-state index in [4.69, 9.17) is 23.2 Å². The third-order valence-corrected chi connectivity index (χ3v) is 8.11. The summed E-state index contributed by atoms with van der Waals surface area (Å²) in [5.74, 6) is -1.81. The fraction of sp³-hybridized carbons (Fsp3) is 0.231. The number of likely N-dealkylation sites (N-methyl/N-ethyl adjacent to an activating group) is 1. The van der Waals surface area contributed by atoms with Crippen LogP contribution in [0.25, 0.3) is 0 Å². The summed E-state index contributed by atoms with van der Waals surface area (Å²) in [4.78, 5) is 27.2. The summed E-state index contributed by atoms with van der Waals surface area (Å²) in [6, 6.07) is 15.2. The number of carbonyl (C=O) groups excluding carboxylic acids is 2. The quantitative estimate of drug-likeness (QED) is 0.403. The van der Waals surface area contributed by atoms with E-state index in [1.165, 1.54) is 62.5 Å². The number of aryl methyl sites for hydroxylation is 1. The molecule has 0 spiro atoms. The van der Waals surface area contributed by atoms with Crippen molar-refractivity contribution in [3.8, 4) is 0 Å². The van der Waals surface area contributed by atoms with Crippen molar-refractivity contribution in [1.29, 1.82) is 0 Å². The highest BCUT2D eigenvalue weighted by atomic mass is 35.5. The molecule has 3 aromatic rings. The smallest absolute Gasteiger partial charge is 0.264 e. The largest absolute Gasteiger partial charge is 0.357 e. The minimum Gasteiger partial charge on any atom is -0.357 e. The van der Waals surface area contributed by atoms with E-state index in [2.05, 4.69) is 5.32 Å². The molecule has 0 radical (unpaired) electrons. The van der Waals surface area contributed by atoms with E-state index in [1.807, 2.05) is 6.92 Å². The van der Waals surface area contributed by atoms with Gasteiger partial charge in [-0.05, 0) is 50.2 Å². The minimum atomic E-state index is -4.30. The predicted molar refractivity (Wildman–Crippen MR) is 143 cm³/mol. The van der Waals surface area contributed by atoms with Crippen LogP contribution in [0.5, 0.6) is 0 Å². The number of sulfonamides is 1. The molecule has 3 rings (SSSR count). The van der Waals surface area contributed by atoms with Gasteiger partial charge in [0, 0.05) is 24.2 Å². The molecular weight excluding hydrogens is 540 g/mol. The van der Waals surface area contributed by atoms with Gasteiger partial charge in [0.25, 0.3) is 10.0 Å². The van der Waals surface area contributed by atoms with Gasteiger partial charge in [0.15, 0.2) is 0 Å². The van der Waals surface area contributed by atoms with Crippen molar-refractivity contribution < 1.29 is 22.4 Å². The summed E-state index contributed by atoms with van der Waals surface area (Å²) in [5, 5.41) is 2.72. The molecule has 0 bridgehead atoms. The summed E-state index contributed by atoms with van der Waals surface area (Å²) in [7, 11) is -2.90. The molecule has 0 saturated carbocycles. The van der Waals surface area contributed by atoms with Crippen molar-refractivity contribution in [3.63, 3.8) is 0 Å². The Kier molecular flexibility index (Phi) is 9.17. The van der Waals surface area contributed by atoms with Crippen molar-refractivity contribution in [1.82, 2.24) is 10.2 Å². The van der Waals surface area contributed by atoms with Gasteiger partial charge in [-0.15, -0.1) is 0 Å². The van der Waals surface area contributed by atoms with Crippen LogP contribution in [0.1, 0.15) is 18.1 Å². The number of hydrogen-bond donors (Lipinski definition) is 1. The Hall–Kier alpha value is -3.14. The lowest BCUT2D eigenvalue weighted by Crippen LogP contribution is -2.50. The molecule has 1 N–H and O–H groups in total. The number of nitrogens with one attached hydrogen (secondary N) is 1. The van der Waals surface area contributed by atoms with Crippen LogP contribution >= 0.6 is 23.2 Å². The van der Waals surface area contributed by atoms with Crippen LogP contribution in [-0.4, -0.2) is 44.8 Å². The van der Waals surface area contributed by atoms with Gasteiger partial charge in [-0.25, -0.2) is 12.8 Å². The lowest BCUT2D eigenvalue weighted by atomic mass is 10.1. The van der Waals surface area contributed by atoms with Gasteiger partial charge in [-0.3, -0.25) is 13.9 Å². The first-order chi connectivity index (χ1) is 17.4. The van der Waals surface area contributed by atoms with Crippen molar-refractivity contribution in [2.45, 2.75) is 31.3 Å². The molecule has 37 heavy (non-hydrogen) atoms. The number of carbonyl (C=O) groups is 2. The second-order valence-electron chi connectivity index (χ2n) is 8.32. The van der Waals surface area contributed by atoms with Crippen molar-refractivity contribution in [2.24, 2.45) is 0 Å². The molecule has 2 amide bonds. The predicted octanol–water partition coefficient (Wildman–Crippen LogP) is 4.80. The fourth-order valence-electron chi connectivity index (χ4n) is 3.63. The number of amides is 2. The molecule has 0 unspecified atom stereocenters. The van der Waals surface area contributed by atoms with Gasteiger partial charge >= 0.3 is 0 Å². The Morgan fingerprint density at radius 1 is 1.03 bits per heavy atom. The van der Waals surface area contributed by atoms with Gasteiger partial charge < -0.3 is 10.2 Å². The van der Waals surface area contributed by atoms with Gasteiger partial charge in [0.05, 0.1) is 15.6 Å². The maximum absolute atomic E-state index is 14.5. The zero-order valence-electron chi connectivity index (χ0n) is 20.4. The summed E-state index contributed by atoms with van der Waals surface area (Å²) in [5.41, 5.74) is 1.000.